The van der Waals surface area contributed by atoms with Crippen LogP contribution in [0.5, 0.6) is 0 Å². The van der Waals surface area contributed by atoms with Crippen molar-refractivity contribution in [1.82, 2.24) is 10.2 Å². The SMILES string of the molecule is CC(=O)N1C[C@@H](F)[C@@H](NC(C)C)C1. The summed E-state index contributed by atoms with van der Waals surface area (Å²) in [5.74, 6) is -0.0456. The van der Waals surface area contributed by atoms with E-state index >= 15 is 0 Å². The Hall–Kier alpha value is -0.640. The summed E-state index contributed by atoms with van der Waals surface area (Å²) in [6, 6.07) is 0.0686. The molecule has 0 aromatic carbocycles. The van der Waals surface area contributed by atoms with Gasteiger partial charge in [-0.15, -0.1) is 0 Å². The maximum Gasteiger partial charge on any atom is 0.219 e. The van der Waals surface area contributed by atoms with E-state index in [-0.39, 0.29) is 24.5 Å². The summed E-state index contributed by atoms with van der Waals surface area (Å²) in [4.78, 5) is 12.5. The van der Waals surface area contributed by atoms with E-state index in [1.54, 1.807) is 4.90 Å². The summed E-state index contributed by atoms with van der Waals surface area (Å²) in [5.41, 5.74) is 0. The fourth-order valence-electron chi connectivity index (χ4n) is 1.61. The molecule has 1 N–H and O–H groups in total. The first-order valence-corrected chi connectivity index (χ1v) is 4.66. The average molecular weight is 188 g/mol. The molecule has 2 atom stereocenters. The van der Waals surface area contributed by atoms with Crippen LogP contribution in [0.3, 0.4) is 0 Å². The van der Waals surface area contributed by atoms with Gasteiger partial charge in [-0.2, -0.15) is 0 Å². The lowest BCUT2D eigenvalue weighted by Gasteiger charge is -2.17. The normalized spacial score (nSPS) is 28.5. The van der Waals surface area contributed by atoms with E-state index in [9.17, 15) is 9.18 Å². The fraction of sp³-hybridized carbons (Fsp3) is 0.889. The zero-order valence-electron chi connectivity index (χ0n) is 8.38. The number of rotatable bonds is 2. The van der Waals surface area contributed by atoms with Gasteiger partial charge in [-0.3, -0.25) is 4.79 Å². The second-order valence-electron chi connectivity index (χ2n) is 3.87. The number of nitrogens with zero attached hydrogens (tertiary/aromatic N) is 1. The second-order valence-corrected chi connectivity index (χ2v) is 3.87. The number of alkyl halides is 1. The molecule has 0 saturated carbocycles. The monoisotopic (exact) mass is 188 g/mol. The Morgan fingerprint density at radius 2 is 2.15 bits per heavy atom. The van der Waals surface area contributed by atoms with Crippen LogP contribution >= 0.6 is 0 Å². The maximum atomic E-state index is 13.3. The number of hydrogen-bond donors (Lipinski definition) is 1. The van der Waals surface area contributed by atoms with Gasteiger partial charge in [0.1, 0.15) is 6.17 Å². The lowest BCUT2D eigenvalue weighted by molar-refractivity contribution is -0.128. The van der Waals surface area contributed by atoms with Gasteiger partial charge in [-0.25, -0.2) is 4.39 Å². The van der Waals surface area contributed by atoms with Gasteiger partial charge in [0.25, 0.3) is 0 Å². The molecule has 3 nitrogen and oxygen atoms in total. The van der Waals surface area contributed by atoms with Crippen molar-refractivity contribution in [3.8, 4) is 0 Å². The molecule has 0 bridgehead atoms. The Morgan fingerprint density at radius 1 is 1.54 bits per heavy atom. The summed E-state index contributed by atoms with van der Waals surface area (Å²) in [6.45, 7) is 6.16. The molecule has 1 aliphatic rings. The Kier molecular flexibility index (Phi) is 3.25. The minimum atomic E-state index is -0.925. The molecular formula is C9H17FN2O. The molecule has 13 heavy (non-hydrogen) atoms. The van der Waals surface area contributed by atoms with E-state index in [1.165, 1.54) is 6.92 Å². The van der Waals surface area contributed by atoms with E-state index in [4.69, 9.17) is 0 Å². The summed E-state index contributed by atoms with van der Waals surface area (Å²) in [7, 11) is 0. The lowest BCUT2D eigenvalue weighted by Crippen LogP contribution is -2.41. The van der Waals surface area contributed by atoms with Gasteiger partial charge in [0.05, 0.1) is 12.6 Å². The third-order valence-electron chi connectivity index (χ3n) is 2.24. The van der Waals surface area contributed by atoms with Crippen molar-refractivity contribution in [2.75, 3.05) is 13.1 Å². The first-order valence-electron chi connectivity index (χ1n) is 4.66. The Morgan fingerprint density at radius 3 is 2.54 bits per heavy atom. The van der Waals surface area contributed by atoms with Gasteiger partial charge >= 0.3 is 0 Å². The lowest BCUT2D eigenvalue weighted by atomic mass is 10.2. The van der Waals surface area contributed by atoms with Gasteiger partial charge in [-0.05, 0) is 0 Å². The van der Waals surface area contributed by atoms with Gasteiger partial charge in [0.15, 0.2) is 0 Å². The maximum absolute atomic E-state index is 13.3. The van der Waals surface area contributed by atoms with Crippen molar-refractivity contribution in [2.24, 2.45) is 0 Å². The third-order valence-corrected chi connectivity index (χ3v) is 2.24. The highest BCUT2D eigenvalue weighted by Gasteiger charge is 2.33. The van der Waals surface area contributed by atoms with Crippen LogP contribution in [0.25, 0.3) is 0 Å². The third kappa shape index (κ3) is 2.66. The predicted molar refractivity (Wildman–Crippen MR) is 49.2 cm³/mol. The molecule has 76 valence electrons. The van der Waals surface area contributed by atoms with Crippen molar-refractivity contribution >= 4 is 5.91 Å². The summed E-state index contributed by atoms with van der Waals surface area (Å²) < 4.78 is 13.3. The second kappa shape index (κ2) is 4.05. The Balaban J connectivity index is 2.46. The van der Waals surface area contributed by atoms with E-state index in [0.717, 1.165) is 0 Å². The van der Waals surface area contributed by atoms with Gasteiger partial charge < -0.3 is 10.2 Å². The molecule has 0 aliphatic carbocycles. The van der Waals surface area contributed by atoms with E-state index in [2.05, 4.69) is 5.32 Å². The molecule has 0 radical (unpaired) electrons. The minimum absolute atomic E-state index is 0.0456. The van der Waals surface area contributed by atoms with Crippen LogP contribution in [-0.2, 0) is 4.79 Å². The molecule has 0 aromatic rings. The molecule has 1 rings (SSSR count). The highest BCUT2D eigenvalue weighted by molar-refractivity contribution is 5.73. The smallest absolute Gasteiger partial charge is 0.219 e. The quantitative estimate of drug-likeness (QED) is 0.686. The zero-order chi connectivity index (χ0) is 10.0. The number of carbonyl (C=O) groups is 1. The van der Waals surface area contributed by atoms with E-state index in [0.29, 0.717) is 6.54 Å². The Labute approximate surface area is 78.3 Å². The summed E-state index contributed by atoms with van der Waals surface area (Å²) in [6.07, 6.45) is -0.925. The molecule has 1 fully saturated rings. The Bertz CT molecular complexity index is 196. The number of likely N-dealkylation sites (tertiary alicyclic amines) is 1. The molecule has 1 aliphatic heterocycles. The van der Waals surface area contributed by atoms with Crippen molar-refractivity contribution in [3.05, 3.63) is 0 Å². The topological polar surface area (TPSA) is 32.3 Å². The molecule has 1 saturated heterocycles. The summed E-state index contributed by atoms with van der Waals surface area (Å²) in [5, 5.41) is 3.11. The van der Waals surface area contributed by atoms with Crippen LogP contribution in [0.2, 0.25) is 0 Å². The number of carbonyl (C=O) groups excluding carboxylic acids is 1. The van der Waals surface area contributed by atoms with Crippen molar-refractivity contribution < 1.29 is 9.18 Å². The van der Waals surface area contributed by atoms with Gasteiger partial charge in [0.2, 0.25) is 5.91 Å². The van der Waals surface area contributed by atoms with Crippen LogP contribution in [0.4, 0.5) is 4.39 Å². The van der Waals surface area contributed by atoms with Crippen LogP contribution in [0.15, 0.2) is 0 Å². The van der Waals surface area contributed by atoms with E-state index in [1.807, 2.05) is 13.8 Å². The molecule has 0 aromatic heterocycles. The van der Waals surface area contributed by atoms with Crippen LogP contribution in [0, 0.1) is 0 Å². The first kappa shape index (κ1) is 10.4. The minimum Gasteiger partial charge on any atom is -0.338 e. The average Bonchev–Trinajstić information content (AvgIpc) is 2.31. The van der Waals surface area contributed by atoms with E-state index < -0.39 is 6.17 Å². The van der Waals surface area contributed by atoms with Crippen LogP contribution in [-0.4, -0.2) is 42.2 Å². The summed E-state index contributed by atoms with van der Waals surface area (Å²) >= 11 is 0. The molecule has 0 unspecified atom stereocenters. The highest BCUT2D eigenvalue weighted by atomic mass is 19.1. The predicted octanol–water partition coefficient (Wildman–Crippen LogP) is 0.553. The van der Waals surface area contributed by atoms with Crippen LogP contribution in [0.1, 0.15) is 20.8 Å². The molecular weight excluding hydrogens is 171 g/mol. The fourth-order valence-corrected chi connectivity index (χ4v) is 1.61. The standard InChI is InChI=1S/C9H17FN2O/c1-6(2)11-9-5-12(7(3)13)4-8(9)10/h6,8-9,11H,4-5H2,1-3H3/t8-,9+/m1/s1. The van der Waals surface area contributed by atoms with Crippen LogP contribution < -0.4 is 5.32 Å². The molecule has 0 spiro atoms. The zero-order valence-corrected chi connectivity index (χ0v) is 8.38. The van der Waals surface area contributed by atoms with Crippen molar-refractivity contribution in [3.63, 3.8) is 0 Å². The van der Waals surface area contributed by atoms with Crippen molar-refractivity contribution in [1.29, 1.82) is 0 Å². The number of hydrogen-bond acceptors (Lipinski definition) is 2. The molecule has 4 heteroatoms. The number of halogens is 1. The number of nitrogens with one attached hydrogen (secondary N) is 1. The highest BCUT2D eigenvalue weighted by Crippen LogP contribution is 2.13. The van der Waals surface area contributed by atoms with Gasteiger partial charge in [0, 0.05) is 19.5 Å². The number of amides is 1. The van der Waals surface area contributed by atoms with Crippen molar-refractivity contribution in [2.45, 2.75) is 39.0 Å². The molecule has 1 amide bonds. The van der Waals surface area contributed by atoms with Gasteiger partial charge in [-0.1, -0.05) is 13.8 Å². The first-order chi connectivity index (χ1) is 6.00. The molecule has 1 heterocycles. The largest absolute Gasteiger partial charge is 0.338 e.